The normalized spacial score (nSPS) is 25.2. The molecule has 2 saturated heterocycles. The van der Waals surface area contributed by atoms with Crippen molar-refractivity contribution in [2.24, 2.45) is 5.92 Å². The molecular weight excluding hydrogens is 344 g/mol. The summed E-state index contributed by atoms with van der Waals surface area (Å²) in [6.45, 7) is 2.06. The highest BCUT2D eigenvalue weighted by Gasteiger charge is 2.50. The van der Waals surface area contributed by atoms with Crippen molar-refractivity contribution in [2.45, 2.75) is 25.8 Å². The predicted molar refractivity (Wildman–Crippen MR) is 94.1 cm³/mol. The van der Waals surface area contributed by atoms with Gasteiger partial charge in [0.1, 0.15) is 0 Å². The molecule has 1 aromatic carbocycles. The number of sulfone groups is 1. The van der Waals surface area contributed by atoms with Gasteiger partial charge in [-0.2, -0.15) is 0 Å². The number of anilines is 1. The molecule has 0 radical (unpaired) electrons. The van der Waals surface area contributed by atoms with Gasteiger partial charge in [0, 0.05) is 29.8 Å². The molecule has 4 rings (SSSR count). The highest BCUT2D eigenvalue weighted by molar-refractivity contribution is 7.91. The second-order valence-electron chi connectivity index (χ2n) is 6.64. The first-order valence-corrected chi connectivity index (χ1v) is 10.6. The number of rotatable bonds is 3. The lowest BCUT2D eigenvalue weighted by atomic mass is 10.1. The van der Waals surface area contributed by atoms with Gasteiger partial charge in [-0.1, -0.05) is 29.8 Å². The van der Waals surface area contributed by atoms with Crippen LogP contribution in [0.25, 0.3) is 0 Å². The fraction of sp³-hybridized carbons (Fsp3) is 0.412. The van der Waals surface area contributed by atoms with Gasteiger partial charge in [-0.3, -0.25) is 9.69 Å². The van der Waals surface area contributed by atoms with Crippen LogP contribution in [0.3, 0.4) is 0 Å². The van der Waals surface area contributed by atoms with Gasteiger partial charge in [-0.25, -0.2) is 13.4 Å². The molecule has 5 nitrogen and oxygen atoms in total. The molecule has 2 atom stereocenters. The Labute approximate surface area is 145 Å². The van der Waals surface area contributed by atoms with Crippen LogP contribution in [0.1, 0.15) is 22.4 Å². The number of thiazole rings is 1. The van der Waals surface area contributed by atoms with E-state index < -0.39 is 9.84 Å². The van der Waals surface area contributed by atoms with Gasteiger partial charge in [0.15, 0.2) is 15.0 Å². The Bertz CT molecular complexity index is 887. The Morgan fingerprint density at radius 2 is 2.00 bits per heavy atom. The predicted octanol–water partition coefficient (Wildman–Crippen LogP) is 2.19. The smallest absolute Gasteiger partial charge is 0.229 e. The van der Waals surface area contributed by atoms with Crippen molar-refractivity contribution in [1.82, 2.24) is 4.98 Å². The number of benzene rings is 1. The molecule has 0 saturated carbocycles. The molecule has 2 aromatic rings. The van der Waals surface area contributed by atoms with Crippen molar-refractivity contribution in [2.75, 3.05) is 16.4 Å². The molecule has 0 aliphatic carbocycles. The van der Waals surface area contributed by atoms with E-state index in [0.717, 1.165) is 11.3 Å². The Hall–Kier alpha value is -1.73. The van der Waals surface area contributed by atoms with Crippen LogP contribution in [-0.4, -0.2) is 36.9 Å². The van der Waals surface area contributed by atoms with Gasteiger partial charge in [-0.05, 0) is 12.5 Å². The highest BCUT2D eigenvalue weighted by Crippen LogP contribution is 2.38. The van der Waals surface area contributed by atoms with Crippen LogP contribution in [-0.2, 0) is 21.1 Å². The minimum Gasteiger partial charge on any atom is -0.284 e. The maximum absolute atomic E-state index is 12.3. The molecule has 3 heterocycles. The number of hydrogen-bond donors (Lipinski definition) is 0. The summed E-state index contributed by atoms with van der Waals surface area (Å²) < 4.78 is 23.7. The Morgan fingerprint density at radius 3 is 2.75 bits per heavy atom. The number of aromatic nitrogens is 1. The fourth-order valence-corrected chi connectivity index (χ4v) is 6.63. The monoisotopic (exact) mass is 362 g/mol. The largest absolute Gasteiger partial charge is 0.284 e. The summed E-state index contributed by atoms with van der Waals surface area (Å²) in [5.74, 6) is 0.112. The first-order chi connectivity index (χ1) is 11.4. The van der Waals surface area contributed by atoms with Gasteiger partial charge < -0.3 is 0 Å². The van der Waals surface area contributed by atoms with Gasteiger partial charge in [0.05, 0.1) is 17.5 Å². The molecule has 0 spiro atoms. The molecule has 24 heavy (non-hydrogen) atoms. The average Bonchev–Trinajstić information content (AvgIpc) is 3.14. The quantitative estimate of drug-likeness (QED) is 0.839. The molecule has 2 aliphatic rings. The maximum atomic E-state index is 12.3. The van der Waals surface area contributed by atoms with Crippen LogP contribution in [0.2, 0.25) is 0 Å². The highest BCUT2D eigenvalue weighted by atomic mass is 32.2. The number of aryl methyl sites for hydroxylation is 1. The van der Waals surface area contributed by atoms with Gasteiger partial charge in [0.2, 0.25) is 5.91 Å². The van der Waals surface area contributed by atoms with E-state index in [1.807, 2.05) is 0 Å². The van der Waals surface area contributed by atoms with Crippen LogP contribution in [0.5, 0.6) is 0 Å². The lowest BCUT2D eigenvalue weighted by molar-refractivity contribution is -0.117. The van der Waals surface area contributed by atoms with Crippen molar-refractivity contribution in [3.05, 3.63) is 46.5 Å². The number of amides is 1. The van der Waals surface area contributed by atoms with Crippen LogP contribution in [0.15, 0.2) is 30.5 Å². The number of nitrogens with zero attached hydrogens (tertiary/aromatic N) is 2. The summed E-state index contributed by atoms with van der Waals surface area (Å²) in [6, 6.07) is 8.11. The number of carbonyl (C=O) groups is 1. The van der Waals surface area contributed by atoms with E-state index in [4.69, 9.17) is 0 Å². The van der Waals surface area contributed by atoms with Crippen LogP contribution >= 0.6 is 11.3 Å². The van der Waals surface area contributed by atoms with E-state index in [-0.39, 0.29) is 29.4 Å². The zero-order chi connectivity index (χ0) is 16.9. The number of carbonyl (C=O) groups excluding carboxylic acids is 1. The van der Waals surface area contributed by atoms with Crippen molar-refractivity contribution in [3.63, 3.8) is 0 Å². The lowest BCUT2D eigenvalue weighted by Crippen LogP contribution is -2.36. The van der Waals surface area contributed by atoms with E-state index >= 15 is 0 Å². The summed E-state index contributed by atoms with van der Waals surface area (Å²) in [4.78, 5) is 19.4. The third kappa shape index (κ3) is 2.86. The molecule has 0 N–H and O–H groups in total. The number of hydrogen-bond acceptors (Lipinski definition) is 5. The summed E-state index contributed by atoms with van der Waals surface area (Å²) in [7, 11) is -3.03. The maximum Gasteiger partial charge on any atom is 0.229 e. The average molecular weight is 362 g/mol. The standard InChI is InChI=1S/C17H18N2O3S2/c1-11-2-4-12(5-3-11)6-14-8-18-17(23-14)19-15-10-24(21,22)9-13(15)7-16(19)20/h2-5,8,13,15H,6-7,9-10H2,1H3. The van der Waals surface area contributed by atoms with Crippen molar-refractivity contribution in [3.8, 4) is 0 Å². The topological polar surface area (TPSA) is 67.3 Å². The minimum absolute atomic E-state index is 0.00358. The van der Waals surface area contributed by atoms with Crippen molar-refractivity contribution in [1.29, 1.82) is 0 Å². The summed E-state index contributed by atoms with van der Waals surface area (Å²) in [5.41, 5.74) is 2.42. The second-order valence-corrected chi connectivity index (χ2v) is 9.89. The van der Waals surface area contributed by atoms with E-state index in [1.165, 1.54) is 22.5 Å². The van der Waals surface area contributed by atoms with E-state index in [1.54, 1.807) is 11.1 Å². The second kappa shape index (κ2) is 5.67. The molecular formula is C17H18N2O3S2. The van der Waals surface area contributed by atoms with Crippen LogP contribution in [0.4, 0.5) is 5.13 Å². The zero-order valence-electron chi connectivity index (χ0n) is 13.3. The van der Waals surface area contributed by atoms with Crippen LogP contribution < -0.4 is 4.90 Å². The van der Waals surface area contributed by atoms with E-state index in [9.17, 15) is 13.2 Å². The SMILES string of the molecule is Cc1ccc(Cc2cnc(N3C(=O)CC4CS(=O)(=O)CC43)s2)cc1. The third-order valence-electron chi connectivity index (χ3n) is 4.72. The Kier molecular flexibility index (Phi) is 3.73. The van der Waals surface area contributed by atoms with Crippen molar-refractivity contribution < 1.29 is 13.2 Å². The summed E-state index contributed by atoms with van der Waals surface area (Å²) in [5, 5.41) is 0.631. The Morgan fingerprint density at radius 1 is 1.25 bits per heavy atom. The third-order valence-corrected chi connectivity index (χ3v) is 7.50. The van der Waals surface area contributed by atoms with Gasteiger partial charge >= 0.3 is 0 Å². The van der Waals surface area contributed by atoms with Gasteiger partial charge in [0.25, 0.3) is 0 Å². The summed E-state index contributed by atoms with van der Waals surface area (Å²) >= 11 is 1.48. The minimum atomic E-state index is -3.03. The summed E-state index contributed by atoms with van der Waals surface area (Å²) in [6.07, 6.45) is 2.88. The Balaban J connectivity index is 1.56. The van der Waals surface area contributed by atoms with E-state index in [0.29, 0.717) is 11.6 Å². The fourth-order valence-electron chi connectivity index (χ4n) is 3.54. The first kappa shape index (κ1) is 15.8. The molecule has 2 aliphatic heterocycles. The molecule has 2 unspecified atom stereocenters. The zero-order valence-corrected chi connectivity index (χ0v) is 14.9. The molecule has 1 amide bonds. The van der Waals surface area contributed by atoms with Gasteiger partial charge in [-0.15, -0.1) is 11.3 Å². The van der Waals surface area contributed by atoms with Crippen molar-refractivity contribution >= 4 is 32.2 Å². The molecule has 7 heteroatoms. The first-order valence-electron chi connectivity index (χ1n) is 7.94. The molecule has 0 bridgehead atoms. The molecule has 126 valence electrons. The van der Waals surface area contributed by atoms with Crippen LogP contribution in [0, 0.1) is 12.8 Å². The molecule has 1 aromatic heterocycles. The molecule has 2 fully saturated rings. The van der Waals surface area contributed by atoms with E-state index in [2.05, 4.69) is 36.2 Å². The lowest BCUT2D eigenvalue weighted by Gasteiger charge is -2.19. The number of fused-ring (bicyclic) bond motifs is 1.